The van der Waals surface area contributed by atoms with E-state index in [1.54, 1.807) is 11.3 Å². The van der Waals surface area contributed by atoms with Gasteiger partial charge in [0.25, 0.3) is 0 Å². The molecule has 64 valence electrons. The Morgan fingerprint density at radius 3 is 2.92 bits per heavy atom. The summed E-state index contributed by atoms with van der Waals surface area (Å²) >= 11 is 1.68. The van der Waals surface area contributed by atoms with E-state index in [-0.39, 0.29) is 0 Å². The van der Waals surface area contributed by atoms with Crippen LogP contribution >= 0.6 is 11.3 Å². The summed E-state index contributed by atoms with van der Waals surface area (Å²) in [5.41, 5.74) is 1.43. The van der Waals surface area contributed by atoms with Crippen molar-refractivity contribution in [3.63, 3.8) is 0 Å². The van der Waals surface area contributed by atoms with Crippen LogP contribution in [-0.2, 0) is 12.8 Å². The Kier molecular flexibility index (Phi) is 2.26. The number of thiophene rings is 1. The fourth-order valence-corrected chi connectivity index (χ4v) is 2.82. The highest BCUT2D eigenvalue weighted by Gasteiger charge is 2.11. The molecule has 0 saturated carbocycles. The molecule has 0 saturated heterocycles. The number of fused-ring (bicyclic) bond motifs is 1. The Hall–Kier alpha value is -0.630. The third-order valence-corrected chi connectivity index (χ3v) is 3.54. The van der Waals surface area contributed by atoms with Crippen molar-refractivity contribution in [3.8, 4) is 0 Å². The van der Waals surface area contributed by atoms with Crippen LogP contribution in [0.1, 0.15) is 39.4 Å². The first-order valence-electron chi connectivity index (χ1n) is 4.47. The van der Waals surface area contributed by atoms with E-state index in [2.05, 4.69) is 6.07 Å². The second-order valence-corrected chi connectivity index (χ2v) is 4.44. The highest BCUT2D eigenvalue weighted by molar-refractivity contribution is 7.13. The molecule has 0 bridgehead atoms. The van der Waals surface area contributed by atoms with E-state index in [4.69, 9.17) is 0 Å². The van der Waals surface area contributed by atoms with Gasteiger partial charge in [-0.3, -0.25) is 4.79 Å². The minimum absolute atomic E-state index is 0.905. The molecule has 2 rings (SSSR count). The third kappa shape index (κ3) is 1.44. The van der Waals surface area contributed by atoms with E-state index >= 15 is 0 Å². The van der Waals surface area contributed by atoms with Gasteiger partial charge in [-0.05, 0) is 37.3 Å². The summed E-state index contributed by atoms with van der Waals surface area (Å²) < 4.78 is 0. The molecule has 0 aromatic carbocycles. The first-order valence-corrected chi connectivity index (χ1v) is 5.28. The Labute approximate surface area is 76.4 Å². The summed E-state index contributed by atoms with van der Waals surface area (Å²) in [5.74, 6) is 0. The predicted molar refractivity (Wildman–Crippen MR) is 51.0 cm³/mol. The maximum Gasteiger partial charge on any atom is 0.160 e. The molecular weight excluding hydrogens is 168 g/mol. The molecule has 0 unspecified atom stereocenters. The molecule has 2 heteroatoms. The number of aryl methyl sites for hydroxylation is 2. The zero-order valence-corrected chi connectivity index (χ0v) is 7.82. The normalized spacial score (nSPS) is 16.7. The van der Waals surface area contributed by atoms with Crippen molar-refractivity contribution in [3.05, 3.63) is 21.4 Å². The minimum Gasteiger partial charge on any atom is -0.297 e. The molecule has 0 N–H and O–H groups in total. The van der Waals surface area contributed by atoms with E-state index in [9.17, 15) is 4.79 Å². The molecule has 1 heterocycles. The third-order valence-electron chi connectivity index (χ3n) is 2.38. The highest BCUT2D eigenvalue weighted by atomic mass is 32.1. The van der Waals surface area contributed by atoms with Crippen molar-refractivity contribution in [2.75, 3.05) is 0 Å². The van der Waals surface area contributed by atoms with Crippen LogP contribution in [0, 0.1) is 0 Å². The SMILES string of the molecule is O=Cc1cc2c(s1)CCCCC2. The number of carbonyl (C=O) groups is 1. The number of aldehydes is 1. The Morgan fingerprint density at radius 2 is 2.08 bits per heavy atom. The molecule has 1 aromatic rings. The number of carbonyl (C=O) groups excluding carboxylic acids is 1. The Bertz CT molecular complexity index is 265. The smallest absolute Gasteiger partial charge is 0.160 e. The molecule has 0 aliphatic heterocycles. The molecule has 0 spiro atoms. The lowest BCUT2D eigenvalue weighted by molar-refractivity contribution is 0.112. The summed E-state index contributed by atoms with van der Waals surface area (Å²) in [5, 5.41) is 0. The van der Waals surface area contributed by atoms with Gasteiger partial charge in [-0.1, -0.05) is 6.42 Å². The molecule has 0 fully saturated rings. The van der Waals surface area contributed by atoms with Gasteiger partial charge in [0.15, 0.2) is 6.29 Å². The second kappa shape index (κ2) is 3.40. The van der Waals surface area contributed by atoms with Crippen molar-refractivity contribution < 1.29 is 4.79 Å². The Balaban J connectivity index is 2.32. The molecule has 0 atom stereocenters. The Morgan fingerprint density at radius 1 is 1.25 bits per heavy atom. The van der Waals surface area contributed by atoms with Crippen molar-refractivity contribution in [1.82, 2.24) is 0 Å². The lowest BCUT2D eigenvalue weighted by Gasteiger charge is -1.92. The van der Waals surface area contributed by atoms with Crippen molar-refractivity contribution in [1.29, 1.82) is 0 Å². The maximum atomic E-state index is 10.5. The number of hydrogen-bond acceptors (Lipinski definition) is 2. The van der Waals surface area contributed by atoms with Crippen LogP contribution in [0.5, 0.6) is 0 Å². The first-order chi connectivity index (χ1) is 5.90. The van der Waals surface area contributed by atoms with Crippen LogP contribution in [0.25, 0.3) is 0 Å². The molecular formula is C10H12OS. The summed E-state index contributed by atoms with van der Waals surface area (Å²) in [4.78, 5) is 12.9. The maximum absolute atomic E-state index is 10.5. The van der Waals surface area contributed by atoms with Gasteiger partial charge in [-0.15, -0.1) is 11.3 Å². The van der Waals surface area contributed by atoms with Crippen LogP contribution in [0.3, 0.4) is 0 Å². The standard InChI is InChI=1S/C10H12OS/c11-7-9-6-8-4-2-1-3-5-10(8)12-9/h6-7H,1-5H2. The van der Waals surface area contributed by atoms with E-state index in [0.717, 1.165) is 11.2 Å². The summed E-state index contributed by atoms with van der Waals surface area (Å²) in [7, 11) is 0. The van der Waals surface area contributed by atoms with E-state index < -0.39 is 0 Å². The van der Waals surface area contributed by atoms with E-state index in [1.165, 1.54) is 42.5 Å². The van der Waals surface area contributed by atoms with Crippen molar-refractivity contribution in [2.24, 2.45) is 0 Å². The van der Waals surface area contributed by atoms with Gasteiger partial charge in [0, 0.05) is 4.88 Å². The average molecular weight is 180 g/mol. The van der Waals surface area contributed by atoms with Crippen molar-refractivity contribution >= 4 is 17.6 Å². The predicted octanol–water partition coefficient (Wildman–Crippen LogP) is 2.83. The molecule has 1 aliphatic rings. The van der Waals surface area contributed by atoms with Gasteiger partial charge in [0.1, 0.15) is 0 Å². The lowest BCUT2D eigenvalue weighted by atomic mass is 10.1. The van der Waals surface area contributed by atoms with Crippen LogP contribution in [0.15, 0.2) is 6.07 Å². The molecule has 1 aliphatic carbocycles. The van der Waals surface area contributed by atoms with E-state index in [0.29, 0.717) is 0 Å². The number of rotatable bonds is 1. The fraction of sp³-hybridized carbons (Fsp3) is 0.500. The lowest BCUT2D eigenvalue weighted by Crippen LogP contribution is -1.80. The van der Waals surface area contributed by atoms with Gasteiger partial charge in [0.2, 0.25) is 0 Å². The molecule has 1 nitrogen and oxygen atoms in total. The number of hydrogen-bond donors (Lipinski definition) is 0. The molecule has 12 heavy (non-hydrogen) atoms. The fourth-order valence-electron chi connectivity index (χ4n) is 1.75. The zero-order valence-electron chi connectivity index (χ0n) is 7.01. The largest absolute Gasteiger partial charge is 0.297 e. The van der Waals surface area contributed by atoms with Crippen LogP contribution in [0.2, 0.25) is 0 Å². The van der Waals surface area contributed by atoms with Crippen LogP contribution < -0.4 is 0 Å². The summed E-state index contributed by atoms with van der Waals surface area (Å²) in [6, 6.07) is 2.07. The molecule has 0 radical (unpaired) electrons. The highest BCUT2D eigenvalue weighted by Crippen LogP contribution is 2.27. The summed E-state index contributed by atoms with van der Waals surface area (Å²) in [6.45, 7) is 0. The zero-order chi connectivity index (χ0) is 8.39. The van der Waals surface area contributed by atoms with E-state index in [1.807, 2.05) is 0 Å². The topological polar surface area (TPSA) is 17.1 Å². The van der Waals surface area contributed by atoms with Crippen LogP contribution in [0.4, 0.5) is 0 Å². The molecule has 0 amide bonds. The monoisotopic (exact) mass is 180 g/mol. The quantitative estimate of drug-likeness (QED) is 0.480. The van der Waals surface area contributed by atoms with Gasteiger partial charge in [0.05, 0.1) is 4.88 Å². The van der Waals surface area contributed by atoms with Crippen LogP contribution in [-0.4, -0.2) is 6.29 Å². The summed E-state index contributed by atoms with van der Waals surface area (Å²) in [6.07, 6.45) is 7.28. The average Bonchev–Trinajstić information content (AvgIpc) is 2.37. The van der Waals surface area contributed by atoms with Gasteiger partial charge in [-0.2, -0.15) is 0 Å². The van der Waals surface area contributed by atoms with Gasteiger partial charge in [-0.25, -0.2) is 0 Å². The van der Waals surface area contributed by atoms with Crippen molar-refractivity contribution in [2.45, 2.75) is 32.1 Å². The van der Waals surface area contributed by atoms with Gasteiger partial charge < -0.3 is 0 Å². The minimum atomic E-state index is 0.905. The first kappa shape index (κ1) is 7.99. The second-order valence-electron chi connectivity index (χ2n) is 3.28. The van der Waals surface area contributed by atoms with Gasteiger partial charge >= 0.3 is 0 Å². The molecule has 1 aromatic heterocycles.